The summed E-state index contributed by atoms with van der Waals surface area (Å²) in [6.07, 6.45) is 0. The van der Waals surface area contributed by atoms with Crippen molar-refractivity contribution in [3.63, 3.8) is 0 Å². The van der Waals surface area contributed by atoms with Crippen LogP contribution in [0.3, 0.4) is 0 Å². The number of hydrogen-bond donors (Lipinski definition) is 1. The molecule has 1 fully saturated rings. The predicted molar refractivity (Wildman–Crippen MR) is 133 cm³/mol. The fourth-order valence-corrected chi connectivity index (χ4v) is 4.20. The summed E-state index contributed by atoms with van der Waals surface area (Å²) in [5, 5.41) is 6.86. The second-order valence-electron chi connectivity index (χ2n) is 8.55. The van der Waals surface area contributed by atoms with E-state index in [0.717, 1.165) is 32.7 Å². The van der Waals surface area contributed by atoms with Gasteiger partial charge in [0.1, 0.15) is 11.6 Å². The van der Waals surface area contributed by atoms with Crippen LogP contribution >= 0.6 is 0 Å². The molecule has 1 aliphatic rings. The van der Waals surface area contributed by atoms with Crippen molar-refractivity contribution in [3.8, 4) is 22.8 Å². The molecule has 1 aromatic heterocycles. The second-order valence-corrected chi connectivity index (χ2v) is 8.55. The largest absolute Gasteiger partial charge is 0.367 e. The number of benzene rings is 3. The number of carbonyl (C=O) groups excluding carboxylic acids is 1. The molecule has 0 saturated carbocycles. The standard InChI is InChI=1S/C27H25F2N5O2/c28-22-5-3-4-21(18-22)25-31-27(36-32-25)20-10-8-19(9-11-20)26(35)30-12-13-33-14-16-34(17-15-33)24-7-2-1-6-23(24)29/h1-11,18H,12-17H2,(H,30,35). The van der Waals surface area contributed by atoms with E-state index in [2.05, 4.69) is 25.3 Å². The third kappa shape index (κ3) is 5.41. The minimum absolute atomic E-state index is 0.169. The Hall–Kier alpha value is -4.11. The Morgan fingerprint density at radius 3 is 2.44 bits per heavy atom. The maximum Gasteiger partial charge on any atom is 0.258 e. The van der Waals surface area contributed by atoms with Crippen LogP contribution in [-0.4, -0.2) is 60.2 Å². The van der Waals surface area contributed by atoms with Gasteiger partial charge in [-0.15, -0.1) is 0 Å². The van der Waals surface area contributed by atoms with Crippen molar-refractivity contribution >= 4 is 11.6 Å². The number of nitrogens with zero attached hydrogens (tertiary/aromatic N) is 4. The zero-order valence-electron chi connectivity index (χ0n) is 19.5. The minimum Gasteiger partial charge on any atom is -0.367 e. The van der Waals surface area contributed by atoms with Crippen LogP contribution in [0.15, 0.2) is 77.3 Å². The van der Waals surface area contributed by atoms with Crippen molar-refractivity contribution in [2.24, 2.45) is 0 Å². The number of rotatable bonds is 7. The highest BCUT2D eigenvalue weighted by Gasteiger charge is 2.19. The number of carbonyl (C=O) groups is 1. The molecule has 0 radical (unpaired) electrons. The van der Waals surface area contributed by atoms with Crippen LogP contribution in [0, 0.1) is 11.6 Å². The lowest BCUT2D eigenvalue weighted by Crippen LogP contribution is -2.48. The molecule has 1 N–H and O–H groups in total. The van der Waals surface area contributed by atoms with Gasteiger partial charge in [-0.25, -0.2) is 8.78 Å². The fraction of sp³-hybridized carbons (Fsp3) is 0.222. The molecule has 4 aromatic rings. The molecule has 1 saturated heterocycles. The predicted octanol–water partition coefficient (Wildman–Crippen LogP) is 4.23. The van der Waals surface area contributed by atoms with Gasteiger partial charge in [-0.1, -0.05) is 29.4 Å². The SMILES string of the molecule is O=C(NCCN1CCN(c2ccccc2F)CC1)c1ccc(-c2nc(-c3cccc(F)c3)no2)cc1. The van der Waals surface area contributed by atoms with Gasteiger partial charge in [-0.3, -0.25) is 9.69 Å². The van der Waals surface area contributed by atoms with Gasteiger partial charge in [-0.05, 0) is 48.5 Å². The Bertz CT molecular complexity index is 1330. The summed E-state index contributed by atoms with van der Waals surface area (Å²) in [6.45, 7) is 4.34. The number of piperazine rings is 1. The summed E-state index contributed by atoms with van der Waals surface area (Å²) in [7, 11) is 0. The molecule has 1 aliphatic heterocycles. The monoisotopic (exact) mass is 489 g/mol. The molecule has 184 valence electrons. The van der Waals surface area contributed by atoms with Gasteiger partial charge in [-0.2, -0.15) is 4.98 Å². The van der Waals surface area contributed by atoms with E-state index < -0.39 is 0 Å². The van der Waals surface area contributed by atoms with E-state index in [0.29, 0.717) is 34.7 Å². The van der Waals surface area contributed by atoms with Crippen molar-refractivity contribution in [2.75, 3.05) is 44.2 Å². The zero-order valence-corrected chi connectivity index (χ0v) is 19.5. The molecule has 1 amide bonds. The highest BCUT2D eigenvalue weighted by molar-refractivity contribution is 5.94. The van der Waals surface area contributed by atoms with E-state index in [4.69, 9.17) is 4.52 Å². The summed E-state index contributed by atoms with van der Waals surface area (Å²) >= 11 is 0. The van der Waals surface area contributed by atoms with Gasteiger partial charge in [0, 0.05) is 56.0 Å². The van der Waals surface area contributed by atoms with Crippen LogP contribution < -0.4 is 10.2 Å². The maximum atomic E-state index is 14.0. The first kappa shape index (κ1) is 23.6. The molecule has 0 aliphatic carbocycles. The lowest BCUT2D eigenvalue weighted by molar-refractivity contribution is 0.0947. The molecule has 9 heteroatoms. The smallest absolute Gasteiger partial charge is 0.258 e. The van der Waals surface area contributed by atoms with Gasteiger partial charge < -0.3 is 14.7 Å². The molecule has 5 rings (SSSR count). The highest BCUT2D eigenvalue weighted by atomic mass is 19.1. The molecule has 2 heterocycles. The minimum atomic E-state index is -0.376. The van der Waals surface area contributed by atoms with Crippen LogP contribution in [0.25, 0.3) is 22.8 Å². The van der Waals surface area contributed by atoms with E-state index >= 15 is 0 Å². The fourth-order valence-electron chi connectivity index (χ4n) is 4.20. The molecule has 3 aromatic carbocycles. The van der Waals surface area contributed by atoms with E-state index in [1.807, 2.05) is 6.07 Å². The van der Waals surface area contributed by atoms with Crippen LogP contribution in [0.5, 0.6) is 0 Å². The number of hydrogen-bond acceptors (Lipinski definition) is 6. The van der Waals surface area contributed by atoms with Gasteiger partial charge >= 0.3 is 0 Å². The first-order chi connectivity index (χ1) is 17.6. The number of amides is 1. The van der Waals surface area contributed by atoms with E-state index in [9.17, 15) is 13.6 Å². The number of para-hydroxylation sites is 1. The lowest BCUT2D eigenvalue weighted by atomic mass is 10.1. The van der Waals surface area contributed by atoms with Crippen LogP contribution in [0.4, 0.5) is 14.5 Å². The van der Waals surface area contributed by atoms with Crippen LogP contribution in [-0.2, 0) is 0 Å². The Labute approximate surface area is 207 Å². The number of anilines is 1. The molecule has 0 unspecified atom stereocenters. The number of nitrogens with one attached hydrogen (secondary N) is 1. The third-order valence-corrected chi connectivity index (χ3v) is 6.18. The summed E-state index contributed by atoms with van der Waals surface area (Å²) in [4.78, 5) is 21.2. The average Bonchev–Trinajstić information content (AvgIpc) is 3.40. The Morgan fingerprint density at radius 2 is 1.69 bits per heavy atom. The van der Waals surface area contributed by atoms with Gasteiger partial charge in [0.2, 0.25) is 5.82 Å². The molecular formula is C27H25F2N5O2. The van der Waals surface area contributed by atoms with Gasteiger partial charge in [0.25, 0.3) is 11.8 Å². The quantitative estimate of drug-likeness (QED) is 0.419. The maximum absolute atomic E-state index is 14.0. The van der Waals surface area contributed by atoms with Crippen LogP contribution in [0.2, 0.25) is 0 Å². The first-order valence-corrected chi connectivity index (χ1v) is 11.8. The normalized spacial score (nSPS) is 14.1. The number of aromatic nitrogens is 2. The molecule has 36 heavy (non-hydrogen) atoms. The van der Waals surface area contributed by atoms with E-state index in [1.165, 1.54) is 18.2 Å². The Kier molecular flexibility index (Phi) is 6.99. The van der Waals surface area contributed by atoms with Gasteiger partial charge in [0.05, 0.1) is 5.69 Å². The van der Waals surface area contributed by atoms with Crippen molar-refractivity contribution in [2.45, 2.75) is 0 Å². The highest BCUT2D eigenvalue weighted by Crippen LogP contribution is 2.23. The van der Waals surface area contributed by atoms with Crippen molar-refractivity contribution in [1.29, 1.82) is 0 Å². The average molecular weight is 490 g/mol. The summed E-state index contributed by atoms with van der Waals surface area (Å²) in [5.41, 5.74) is 2.34. The Balaban J connectivity index is 1.10. The van der Waals surface area contributed by atoms with E-state index in [-0.39, 0.29) is 23.4 Å². The molecule has 0 atom stereocenters. The second kappa shape index (κ2) is 10.7. The van der Waals surface area contributed by atoms with Crippen molar-refractivity contribution in [3.05, 3.63) is 90.0 Å². The molecular weight excluding hydrogens is 464 g/mol. The van der Waals surface area contributed by atoms with Crippen LogP contribution in [0.1, 0.15) is 10.4 Å². The topological polar surface area (TPSA) is 74.5 Å². The summed E-state index contributed by atoms with van der Waals surface area (Å²) in [6, 6.07) is 19.7. The Morgan fingerprint density at radius 1 is 0.917 bits per heavy atom. The number of halogens is 2. The molecule has 0 bridgehead atoms. The zero-order chi connectivity index (χ0) is 24.9. The summed E-state index contributed by atoms with van der Waals surface area (Å²) in [5.74, 6) is -0.163. The summed E-state index contributed by atoms with van der Waals surface area (Å²) < 4.78 is 32.8. The van der Waals surface area contributed by atoms with Crippen molar-refractivity contribution < 1.29 is 18.1 Å². The first-order valence-electron chi connectivity index (χ1n) is 11.8. The van der Waals surface area contributed by atoms with Crippen molar-refractivity contribution in [1.82, 2.24) is 20.4 Å². The molecule has 0 spiro atoms. The molecule has 7 nitrogen and oxygen atoms in total. The lowest BCUT2D eigenvalue weighted by Gasteiger charge is -2.36. The third-order valence-electron chi connectivity index (χ3n) is 6.18. The van der Waals surface area contributed by atoms with Gasteiger partial charge in [0.15, 0.2) is 0 Å². The van der Waals surface area contributed by atoms with E-state index in [1.54, 1.807) is 48.5 Å².